The van der Waals surface area contributed by atoms with Crippen LogP contribution in [0.4, 0.5) is 0 Å². The molecule has 0 bridgehead atoms. The van der Waals surface area contributed by atoms with E-state index in [9.17, 15) is 18.0 Å². The van der Waals surface area contributed by atoms with Gasteiger partial charge in [-0.1, -0.05) is 59.0 Å². The number of benzene rings is 2. The van der Waals surface area contributed by atoms with Crippen molar-refractivity contribution in [3.8, 4) is 0 Å². The van der Waals surface area contributed by atoms with E-state index in [0.29, 0.717) is 12.5 Å². The molecule has 0 radical (unpaired) electrons. The lowest BCUT2D eigenvalue weighted by molar-refractivity contribution is -0.122. The average molecular weight is 615 g/mol. The van der Waals surface area contributed by atoms with E-state index in [0.717, 1.165) is 50.1 Å². The molecule has 1 heterocycles. The molecule has 2 fully saturated rings. The molecule has 1 N–H and O–H groups in total. The number of nitrogens with zero attached hydrogens (tertiary/aromatic N) is 2. The Hall–Kier alpha value is -2.49. The molecule has 2 aliphatic rings. The summed E-state index contributed by atoms with van der Waals surface area (Å²) in [5.41, 5.74) is 4.17. The zero-order valence-corrected chi connectivity index (χ0v) is 25.4. The number of halogens is 1. The highest BCUT2D eigenvalue weighted by molar-refractivity contribution is 9.10. The molecule has 1 amide bonds. The van der Waals surface area contributed by atoms with E-state index in [1.807, 2.05) is 12.1 Å². The van der Waals surface area contributed by atoms with Crippen molar-refractivity contribution in [2.24, 2.45) is 5.41 Å². The molecule has 2 saturated carbocycles. The van der Waals surface area contributed by atoms with Crippen LogP contribution in [0.15, 0.2) is 47.1 Å². The number of ketones is 1. The molecular formula is C30H36BrN3O4S. The number of carbonyl (C=O) groups excluding carboxylic acids is 2. The van der Waals surface area contributed by atoms with Crippen LogP contribution in [-0.2, 0) is 21.5 Å². The predicted molar refractivity (Wildman–Crippen MR) is 157 cm³/mol. The summed E-state index contributed by atoms with van der Waals surface area (Å²) in [6.07, 6.45) is 8.84. The zero-order valence-electron chi connectivity index (χ0n) is 23.0. The minimum Gasteiger partial charge on any atom is -0.346 e. The van der Waals surface area contributed by atoms with Gasteiger partial charge in [-0.25, -0.2) is 4.72 Å². The lowest BCUT2D eigenvalue weighted by Gasteiger charge is -2.21. The Labute approximate surface area is 239 Å². The topological polar surface area (TPSA) is 88.5 Å². The fourth-order valence-corrected chi connectivity index (χ4v) is 7.28. The SMILES string of the molecule is CC(=O)[C@]1(Cn2cc(C3CCCCC3)c3ccc(C(=O)NS(=O)(=O)N(C)C)cc32)CC1c1cc(C)ccc1Br. The second-order valence-corrected chi connectivity index (χ2v) is 14.2. The maximum absolute atomic E-state index is 13.2. The van der Waals surface area contributed by atoms with Crippen molar-refractivity contribution in [2.75, 3.05) is 14.1 Å². The first-order chi connectivity index (χ1) is 18.4. The normalized spacial score (nSPS) is 21.8. The monoisotopic (exact) mass is 613 g/mol. The van der Waals surface area contributed by atoms with Crippen molar-refractivity contribution >= 4 is 48.7 Å². The molecule has 39 heavy (non-hydrogen) atoms. The summed E-state index contributed by atoms with van der Waals surface area (Å²) in [7, 11) is -1.17. The maximum Gasteiger partial charge on any atom is 0.303 e. The van der Waals surface area contributed by atoms with Crippen molar-refractivity contribution in [3.63, 3.8) is 0 Å². The molecule has 2 aromatic carbocycles. The fourth-order valence-electron chi connectivity index (χ4n) is 6.22. The summed E-state index contributed by atoms with van der Waals surface area (Å²) in [4.78, 5) is 26.1. The van der Waals surface area contributed by atoms with Crippen molar-refractivity contribution in [1.29, 1.82) is 0 Å². The van der Waals surface area contributed by atoms with Gasteiger partial charge in [-0.15, -0.1) is 0 Å². The van der Waals surface area contributed by atoms with Gasteiger partial charge in [-0.3, -0.25) is 9.59 Å². The van der Waals surface area contributed by atoms with Crippen LogP contribution in [0.3, 0.4) is 0 Å². The summed E-state index contributed by atoms with van der Waals surface area (Å²) in [6, 6.07) is 11.7. The summed E-state index contributed by atoms with van der Waals surface area (Å²) in [6.45, 7) is 4.26. The number of hydrogen-bond acceptors (Lipinski definition) is 4. The highest BCUT2D eigenvalue weighted by Gasteiger charge is 2.59. The molecule has 2 aliphatic carbocycles. The minimum atomic E-state index is -3.92. The van der Waals surface area contributed by atoms with Crippen LogP contribution < -0.4 is 4.72 Å². The smallest absolute Gasteiger partial charge is 0.303 e. The third-order valence-corrected chi connectivity index (χ3v) is 10.8. The number of aromatic nitrogens is 1. The molecule has 0 aliphatic heterocycles. The Morgan fingerprint density at radius 2 is 1.79 bits per heavy atom. The maximum atomic E-state index is 13.2. The summed E-state index contributed by atoms with van der Waals surface area (Å²) >= 11 is 3.70. The van der Waals surface area contributed by atoms with Gasteiger partial charge in [0.25, 0.3) is 5.91 Å². The number of Topliss-reactive ketones (excluding diaryl/α,β-unsaturated/α-hetero) is 1. The largest absolute Gasteiger partial charge is 0.346 e. The van der Waals surface area contributed by atoms with Crippen LogP contribution in [-0.4, -0.2) is 43.1 Å². The van der Waals surface area contributed by atoms with Gasteiger partial charge in [0.15, 0.2) is 0 Å². The molecule has 2 atom stereocenters. The molecule has 208 valence electrons. The van der Waals surface area contributed by atoms with Crippen LogP contribution >= 0.6 is 15.9 Å². The molecule has 1 unspecified atom stereocenters. The van der Waals surface area contributed by atoms with Gasteiger partial charge in [0.1, 0.15) is 5.78 Å². The molecular weight excluding hydrogens is 578 g/mol. The standard InChI is InChI=1S/C30H36BrN3O4S/c1-19-10-13-27(31)24(14-19)26-16-30(26,20(2)35)18-34-17-25(21-8-6-5-7-9-21)23-12-11-22(15-28(23)34)29(36)32-39(37,38)33(3)4/h10-15,17,21,26H,5-9,16,18H2,1-4H3,(H,32,36)/t26?,30-/m1/s1. The Morgan fingerprint density at radius 1 is 1.08 bits per heavy atom. The van der Waals surface area contributed by atoms with Crippen LogP contribution in [0.1, 0.15) is 84.3 Å². The highest BCUT2D eigenvalue weighted by atomic mass is 79.9. The van der Waals surface area contributed by atoms with Crippen molar-refractivity contribution in [1.82, 2.24) is 13.6 Å². The number of nitrogens with one attached hydrogen (secondary N) is 1. The Kier molecular flexibility index (Phi) is 7.54. The van der Waals surface area contributed by atoms with Gasteiger partial charge in [-0.2, -0.15) is 12.7 Å². The number of fused-ring (bicyclic) bond motifs is 1. The van der Waals surface area contributed by atoms with Crippen LogP contribution in [0.5, 0.6) is 0 Å². The Morgan fingerprint density at radius 3 is 2.46 bits per heavy atom. The van der Waals surface area contributed by atoms with E-state index in [2.05, 4.69) is 50.5 Å². The quantitative estimate of drug-likeness (QED) is 0.334. The van der Waals surface area contributed by atoms with Crippen molar-refractivity contribution in [3.05, 3.63) is 69.3 Å². The lowest BCUT2D eigenvalue weighted by atomic mass is 9.84. The predicted octanol–water partition coefficient (Wildman–Crippen LogP) is 6.06. The van der Waals surface area contributed by atoms with E-state index in [1.165, 1.54) is 38.9 Å². The number of rotatable bonds is 8. The Bertz CT molecular complexity index is 1560. The average Bonchev–Trinajstić information content (AvgIpc) is 3.52. The first kappa shape index (κ1) is 28.1. The number of aryl methyl sites for hydroxylation is 1. The van der Waals surface area contributed by atoms with Crippen LogP contribution in [0.25, 0.3) is 10.9 Å². The van der Waals surface area contributed by atoms with Crippen LogP contribution in [0, 0.1) is 12.3 Å². The van der Waals surface area contributed by atoms with Crippen molar-refractivity contribution < 1.29 is 18.0 Å². The second-order valence-electron chi connectivity index (χ2n) is 11.5. The molecule has 1 aromatic heterocycles. The fraction of sp³-hybridized carbons (Fsp3) is 0.467. The second kappa shape index (κ2) is 10.5. The minimum absolute atomic E-state index is 0.108. The third kappa shape index (κ3) is 5.33. The van der Waals surface area contributed by atoms with E-state index in [1.54, 1.807) is 19.1 Å². The first-order valence-corrected chi connectivity index (χ1v) is 15.8. The number of carbonyl (C=O) groups is 2. The van der Waals surface area contributed by atoms with Gasteiger partial charge >= 0.3 is 10.2 Å². The van der Waals surface area contributed by atoms with E-state index in [4.69, 9.17) is 0 Å². The summed E-state index contributed by atoms with van der Waals surface area (Å²) in [5, 5.41) is 1.07. The lowest BCUT2D eigenvalue weighted by Crippen LogP contribution is -2.39. The van der Waals surface area contributed by atoms with E-state index in [-0.39, 0.29) is 17.3 Å². The van der Waals surface area contributed by atoms with Gasteiger partial charge < -0.3 is 4.57 Å². The molecule has 9 heteroatoms. The summed E-state index contributed by atoms with van der Waals surface area (Å²) in [5.74, 6) is 0.0295. The highest BCUT2D eigenvalue weighted by Crippen LogP contribution is 2.62. The molecule has 5 rings (SSSR count). The van der Waals surface area contributed by atoms with Gasteiger partial charge in [0, 0.05) is 53.7 Å². The number of amides is 1. The van der Waals surface area contributed by atoms with Gasteiger partial charge in [0.2, 0.25) is 0 Å². The first-order valence-electron chi connectivity index (χ1n) is 13.6. The number of hydrogen-bond donors (Lipinski definition) is 1. The summed E-state index contributed by atoms with van der Waals surface area (Å²) < 4.78 is 30.9. The van der Waals surface area contributed by atoms with Gasteiger partial charge in [0.05, 0.1) is 5.41 Å². The molecule has 0 spiro atoms. The third-order valence-electron chi connectivity index (χ3n) is 8.68. The van der Waals surface area contributed by atoms with Gasteiger partial charge in [-0.05, 0) is 68.4 Å². The van der Waals surface area contributed by atoms with E-state index >= 15 is 0 Å². The van der Waals surface area contributed by atoms with Crippen molar-refractivity contribution in [2.45, 2.75) is 70.8 Å². The molecule has 3 aromatic rings. The van der Waals surface area contributed by atoms with E-state index < -0.39 is 21.5 Å². The molecule has 7 nitrogen and oxygen atoms in total. The Balaban J connectivity index is 1.56. The zero-order chi connectivity index (χ0) is 28.1. The van der Waals surface area contributed by atoms with Crippen LogP contribution in [0.2, 0.25) is 0 Å². The molecule has 0 saturated heterocycles.